The lowest BCUT2D eigenvalue weighted by Gasteiger charge is -2.09. The Hall–Kier alpha value is -2.43. The Kier molecular flexibility index (Phi) is 4.87. The van der Waals surface area contributed by atoms with Crippen LogP contribution in [0.1, 0.15) is 27.9 Å². The fourth-order valence-corrected chi connectivity index (χ4v) is 1.92. The lowest BCUT2D eigenvalue weighted by Crippen LogP contribution is -2.04. The third-order valence-electron chi connectivity index (χ3n) is 2.98. The SMILES string of the molecule is COC(=O)c1cccc(NCc2cccc(C(F)F)c2)c1. The van der Waals surface area contributed by atoms with Crippen molar-refractivity contribution in [2.75, 3.05) is 12.4 Å². The first kappa shape index (κ1) is 15.0. The highest BCUT2D eigenvalue weighted by molar-refractivity contribution is 5.90. The lowest BCUT2D eigenvalue weighted by atomic mass is 10.1. The minimum Gasteiger partial charge on any atom is -0.465 e. The normalized spacial score (nSPS) is 10.5. The van der Waals surface area contributed by atoms with Crippen molar-refractivity contribution in [1.82, 2.24) is 0 Å². The molecule has 2 rings (SSSR count). The molecule has 3 nitrogen and oxygen atoms in total. The topological polar surface area (TPSA) is 38.3 Å². The first-order valence-electron chi connectivity index (χ1n) is 6.39. The first-order valence-corrected chi connectivity index (χ1v) is 6.39. The van der Waals surface area contributed by atoms with Crippen molar-refractivity contribution in [3.63, 3.8) is 0 Å². The number of nitrogens with one attached hydrogen (secondary N) is 1. The number of carbonyl (C=O) groups is 1. The molecule has 0 fully saturated rings. The largest absolute Gasteiger partial charge is 0.465 e. The van der Waals surface area contributed by atoms with Crippen molar-refractivity contribution < 1.29 is 18.3 Å². The second-order valence-corrected chi connectivity index (χ2v) is 4.47. The standard InChI is InChI=1S/C16H15F2NO2/c1-21-16(20)13-6-3-7-14(9-13)19-10-11-4-2-5-12(8-11)15(17)18/h2-9,15,19H,10H2,1H3. The van der Waals surface area contributed by atoms with Gasteiger partial charge in [0.25, 0.3) is 6.43 Å². The molecule has 0 saturated carbocycles. The number of hydrogen-bond acceptors (Lipinski definition) is 3. The van der Waals surface area contributed by atoms with Crippen LogP contribution >= 0.6 is 0 Å². The predicted octanol–water partition coefficient (Wildman–Crippen LogP) is 4.02. The predicted molar refractivity (Wildman–Crippen MR) is 76.5 cm³/mol. The number of hydrogen-bond donors (Lipinski definition) is 1. The Morgan fingerprint density at radius 2 is 1.95 bits per heavy atom. The van der Waals surface area contributed by atoms with E-state index in [1.807, 2.05) is 0 Å². The van der Waals surface area contributed by atoms with Gasteiger partial charge in [-0.1, -0.05) is 24.3 Å². The summed E-state index contributed by atoms with van der Waals surface area (Å²) >= 11 is 0. The number of alkyl halides is 2. The maximum absolute atomic E-state index is 12.6. The smallest absolute Gasteiger partial charge is 0.337 e. The van der Waals surface area contributed by atoms with Gasteiger partial charge in [0.1, 0.15) is 0 Å². The Bertz CT molecular complexity index is 629. The highest BCUT2D eigenvalue weighted by Gasteiger charge is 2.08. The summed E-state index contributed by atoms with van der Waals surface area (Å²) in [5.74, 6) is -0.418. The van der Waals surface area contributed by atoms with E-state index in [1.54, 1.807) is 36.4 Å². The lowest BCUT2D eigenvalue weighted by molar-refractivity contribution is 0.0600. The Morgan fingerprint density at radius 1 is 1.19 bits per heavy atom. The molecule has 0 aromatic heterocycles. The summed E-state index contributed by atoms with van der Waals surface area (Å²) in [7, 11) is 1.32. The van der Waals surface area contributed by atoms with Crippen molar-refractivity contribution in [2.24, 2.45) is 0 Å². The van der Waals surface area contributed by atoms with Gasteiger partial charge in [0.2, 0.25) is 0 Å². The fraction of sp³-hybridized carbons (Fsp3) is 0.188. The van der Waals surface area contributed by atoms with E-state index in [-0.39, 0.29) is 5.56 Å². The van der Waals surface area contributed by atoms with Gasteiger partial charge in [-0.3, -0.25) is 0 Å². The number of rotatable bonds is 5. The molecule has 0 atom stereocenters. The highest BCUT2D eigenvalue weighted by atomic mass is 19.3. The molecule has 21 heavy (non-hydrogen) atoms. The highest BCUT2D eigenvalue weighted by Crippen LogP contribution is 2.20. The minimum atomic E-state index is -2.48. The van der Waals surface area contributed by atoms with Crippen LogP contribution in [0.15, 0.2) is 48.5 Å². The van der Waals surface area contributed by atoms with Crippen molar-refractivity contribution in [3.05, 3.63) is 65.2 Å². The summed E-state index contributed by atoms with van der Waals surface area (Å²) in [6.45, 7) is 0.394. The zero-order valence-corrected chi connectivity index (χ0v) is 11.5. The van der Waals surface area contributed by atoms with Crippen LogP contribution in [0.5, 0.6) is 0 Å². The van der Waals surface area contributed by atoms with Gasteiger partial charge >= 0.3 is 5.97 Å². The van der Waals surface area contributed by atoms with Crippen LogP contribution < -0.4 is 5.32 Å². The molecule has 0 saturated heterocycles. The molecule has 5 heteroatoms. The van der Waals surface area contributed by atoms with Gasteiger partial charge in [-0.2, -0.15) is 0 Å². The van der Waals surface area contributed by atoms with Crippen molar-refractivity contribution in [3.8, 4) is 0 Å². The van der Waals surface area contributed by atoms with Crippen molar-refractivity contribution in [2.45, 2.75) is 13.0 Å². The van der Waals surface area contributed by atoms with Crippen LogP contribution in [0.3, 0.4) is 0 Å². The Morgan fingerprint density at radius 3 is 2.67 bits per heavy atom. The molecule has 0 amide bonds. The Balaban J connectivity index is 2.06. The molecule has 0 bridgehead atoms. The van der Waals surface area contributed by atoms with E-state index >= 15 is 0 Å². The van der Waals surface area contributed by atoms with Gasteiger partial charge in [-0.15, -0.1) is 0 Å². The molecule has 0 aliphatic rings. The van der Waals surface area contributed by atoms with E-state index in [0.717, 1.165) is 11.3 Å². The third-order valence-corrected chi connectivity index (χ3v) is 2.98. The molecule has 110 valence electrons. The number of esters is 1. The molecule has 0 heterocycles. The van der Waals surface area contributed by atoms with Crippen LogP contribution in [0, 0.1) is 0 Å². The summed E-state index contributed by atoms with van der Waals surface area (Å²) in [6, 6.07) is 13.0. The average molecular weight is 291 g/mol. The van der Waals surface area contributed by atoms with E-state index < -0.39 is 12.4 Å². The average Bonchev–Trinajstić information content (AvgIpc) is 2.52. The van der Waals surface area contributed by atoms with Crippen LogP contribution in [-0.2, 0) is 11.3 Å². The zero-order chi connectivity index (χ0) is 15.2. The second-order valence-electron chi connectivity index (χ2n) is 4.47. The molecule has 0 aliphatic carbocycles. The van der Waals surface area contributed by atoms with E-state index in [9.17, 15) is 13.6 Å². The van der Waals surface area contributed by atoms with Gasteiger partial charge in [0.15, 0.2) is 0 Å². The van der Waals surface area contributed by atoms with Crippen molar-refractivity contribution >= 4 is 11.7 Å². The van der Waals surface area contributed by atoms with Crippen LogP contribution in [0.4, 0.5) is 14.5 Å². The molecule has 2 aromatic carbocycles. The number of ether oxygens (including phenoxy) is 1. The van der Waals surface area contributed by atoms with E-state index in [0.29, 0.717) is 12.1 Å². The summed E-state index contributed by atoms with van der Waals surface area (Å²) in [4.78, 5) is 11.4. The first-order chi connectivity index (χ1) is 10.1. The van der Waals surface area contributed by atoms with E-state index in [2.05, 4.69) is 10.1 Å². The molecule has 0 aliphatic heterocycles. The molecule has 0 unspecified atom stereocenters. The summed E-state index contributed by atoms with van der Waals surface area (Å²) in [5, 5.41) is 3.09. The van der Waals surface area contributed by atoms with Crippen molar-refractivity contribution in [1.29, 1.82) is 0 Å². The monoisotopic (exact) mass is 291 g/mol. The Labute approximate surface area is 121 Å². The van der Waals surface area contributed by atoms with E-state index in [1.165, 1.54) is 19.2 Å². The summed E-state index contributed by atoms with van der Waals surface area (Å²) in [6.07, 6.45) is -2.48. The molecule has 0 radical (unpaired) electrons. The van der Waals surface area contributed by atoms with Gasteiger partial charge in [0, 0.05) is 17.8 Å². The van der Waals surface area contributed by atoms with Gasteiger partial charge < -0.3 is 10.1 Å². The zero-order valence-electron chi connectivity index (χ0n) is 11.5. The second kappa shape index (κ2) is 6.83. The van der Waals surface area contributed by atoms with Crippen LogP contribution in [0.25, 0.3) is 0 Å². The molecule has 0 spiro atoms. The van der Waals surface area contributed by atoms with Crippen LogP contribution in [0.2, 0.25) is 0 Å². The summed E-state index contributed by atoms with van der Waals surface area (Å²) < 4.78 is 29.9. The minimum absolute atomic E-state index is 0.00221. The quantitative estimate of drug-likeness (QED) is 0.845. The number of halogens is 2. The number of benzene rings is 2. The van der Waals surface area contributed by atoms with E-state index in [4.69, 9.17) is 0 Å². The molecule has 2 aromatic rings. The maximum Gasteiger partial charge on any atom is 0.337 e. The fourth-order valence-electron chi connectivity index (χ4n) is 1.92. The maximum atomic E-state index is 12.6. The molecular weight excluding hydrogens is 276 g/mol. The number of carbonyl (C=O) groups excluding carboxylic acids is 1. The number of anilines is 1. The molecular formula is C16H15F2NO2. The van der Waals surface area contributed by atoms with Gasteiger partial charge in [0.05, 0.1) is 12.7 Å². The molecule has 1 N–H and O–H groups in total. The summed E-state index contributed by atoms with van der Waals surface area (Å²) in [5.41, 5.74) is 1.90. The number of methoxy groups -OCH3 is 1. The van der Waals surface area contributed by atoms with Gasteiger partial charge in [-0.25, -0.2) is 13.6 Å². The van der Waals surface area contributed by atoms with Gasteiger partial charge in [-0.05, 0) is 29.8 Å². The third kappa shape index (κ3) is 4.02. The van der Waals surface area contributed by atoms with Crippen LogP contribution in [-0.4, -0.2) is 13.1 Å².